The summed E-state index contributed by atoms with van der Waals surface area (Å²) in [5.74, 6) is 1.03. The van der Waals surface area contributed by atoms with E-state index in [1.54, 1.807) is 11.8 Å². The van der Waals surface area contributed by atoms with Crippen LogP contribution in [0.1, 0.15) is 46.2 Å². The highest BCUT2D eigenvalue weighted by Gasteiger charge is 2.11. The van der Waals surface area contributed by atoms with Crippen molar-refractivity contribution in [1.29, 1.82) is 0 Å². The largest absolute Gasteiger partial charge is 0.353 e. The molecule has 2 unspecified atom stereocenters. The SMILES string of the molecule is CCNC(C)c1cccc(SCC(=O)NC(C)C(C)C)c1. The number of carbonyl (C=O) groups excluding carboxylic acids is 1. The van der Waals surface area contributed by atoms with Gasteiger partial charge in [-0.3, -0.25) is 4.79 Å². The Morgan fingerprint density at radius 1 is 1.24 bits per heavy atom. The first-order chi connectivity index (χ1) is 9.93. The molecule has 0 heterocycles. The van der Waals surface area contributed by atoms with Crippen molar-refractivity contribution >= 4 is 17.7 Å². The summed E-state index contributed by atoms with van der Waals surface area (Å²) < 4.78 is 0. The maximum atomic E-state index is 11.9. The van der Waals surface area contributed by atoms with Crippen molar-refractivity contribution in [3.05, 3.63) is 29.8 Å². The summed E-state index contributed by atoms with van der Waals surface area (Å²) >= 11 is 1.59. The van der Waals surface area contributed by atoms with Crippen LogP contribution in [-0.2, 0) is 4.79 Å². The van der Waals surface area contributed by atoms with E-state index in [1.165, 1.54) is 5.56 Å². The third kappa shape index (κ3) is 6.53. The van der Waals surface area contributed by atoms with Gasteiger partial charge >= 0.3 is 0 Å². The average molecular weight is 308 g/mol. The van der Waals surface area contributed by atoms with Crippen molar-refractivity contribution in [3.63, 3.8) is 0 Å². The van der Waals surface area contributed by atoms with E-state index in [0.717, 1.165) is 11.4 Å². The van der Waals surface area contributed by atoms with E-state index in [4.69, 9.17) is 0 Å². The van der Waals surface area contributed by atoms with Gasteiger partial charge in [0.2, 0.25) is 5.91 Å². The number of benzene rings is 1. The van der Waals surface area contributed by atoms with Crippen molar-refractivity contribution in [2.24, 2.45) is 5.92 Å². The van der Waals surface area contributed by atoms with E-state index in [2.05, 4.69) is 62.6 Å². The molecule has 4 heteroatoms. The molecule has 21 heavy (non-hydrogen) atoms. The van der Waals surface area contributed by atoms with Crippen LogP contribution in [0, 0.1) is 5.92 Å². The predicted octanol–water partition coefficient (Wildman–Crippen LogP) is 3.61. The number of hydrogen-bond donors (Lipinski definition) is 2. The zero-order valence-corrected chi connectivity index (χ0v) is 14.6. The van der Waals surface area contributed by atoms with Crippen molar-refractivity contribution in [3.8, 4) is 0 Å². The molecule has 1 aromatic rings. The maximum absolute atomic E-state index is 11.9. The predicted molar refractivity (Wildman–Crippen MR) is 91.7 cm³/mol. The first kappa shape index (κ1) is 18.1. The summed E-state index contributed by atoms with van der Waals surface area (Å²) in [5, 5.41) is 6.44. The summed E-state index contributed by atoms with van der Waals surface area (Å²) in [6.07, 6.45) is 0. The maximum Gasteiger partial charge on any atom is 0.230 e. The quantitative estimate of drug-likeness (QED) is 0.721. The minimum absolute atomic E-state index is 0.103. The molecule has 0 fully saturated rings. The summed E-state index contributed by atoms with van der Waals surface area (Å²) in [7, 11) is 0. The third-order valence-corrected chi connectivity index (χ3v) is 4.62. The molecular weight excluding hydrogens is 280 g/mol. The van der Waals surface area contributed by atoms with E-state index >= 15 is 0 Å². The Kier molecular flexibility index (Phi) is 7.83. The second-order valence-electron chi connectivity index (χ2n) is 5.74. The zero-order chi connectivity index (χ0) is 15.8. The highest BCUT2D eigenvalue weighted by atomic mass is 32.2. The molecule has 2 atom stereocenters. The minimum Gasteiger partial charge on any atom is -0.353 e. The number of nitrogens with one attached hydrogen (secondary N) is 2. The first-order valence-electron chi connectivity index (χ1n) is 7.69. The van der Waals surface area contributed by atoms with Crippen LogP contribution < -0.4 is 10.6 Å². The van der Waals surface area contributed by atoms with Gasteiger partial charge in [-0.05, 0) is 44.0 Å². The van der Waals surface area contributed by atoms with E-state index in [9.17, 15) is 4.79 Å². The number of hydrogen-bond acceptors (Lipinski definition) is 3. The topological polar surface area (TPSA) is 41.1 Å². The highest BCUT2D eigenvalue weighted by molar-refractivity contribution is 8.00. The van der Waals surface area contributed by atoms with Crippen LogP contribution in [-0.4, -0.2) is 24.2 Å². The molecule has 0 saturated carbocycles. The molecule has 118 valence electrons. The molecule has 0 aliphatic heterocycles. The van der Waals surface area contributed by atoms with Gasteiger partial charge in [0.05, 0.1) is 5.75 Å². The van der Waals surface area contributed by atoms with E-state index in [1.807, 2.05) is 6.92 Å². The lowest BCUT2D eigenvalue weighted by atomic mass is 10.1. The lowest BCUT2D eigenvalue weighted by Gasteiger charge is -2.17. The summed E-state index contributed by atoms with van der Waals surface area (Å²) in [6, 6.07) is 8.96. The van der Waals surface area contributed by atoms with Crippen molar-refractivity contribution < 1.29 is 4.79 Å². The van der Waals surface area contributed by atoms with E-state index < -0.39 is 0 Å². The number of carbonyl (C=O) groups is 1. The molecule has 0 spiro atoms. The van der Waals surface area contributed by atoms with Crippen LogP contribution in [0.25, 0.3) is 0 Å². The van der Waals surface area contributed by atoms with Crippen LogP contribution >= 0.6 is 11.8 Å². The minimum atomic E-state index is 0.103. The Bertz CT molecular complexity index is 448. The van der Waals surface area contributed by atoms with Crippen LogP contribution in [0.2, 0.25) is 0 Å². The number of rotatable bonds is 8. The summed E-state index contributed by atoms with van der Waals surface area (Å²) in [6.45, 7) is 11.5. The lowest BCUT2D eigenvalue weighted by molar-refractivity contribution is -0.119. The molecule has 1 rings (SSSR count). The van der Waals surface area contributed by atoms with Crippen LogP contribution in [0.15, 0.2) is 29.2 Å². The van der Waals surface area contributed by atoms with Crippen molar-refractivity contribution in [2.45, 2.75) is 51.6 Å². The van der Waals surface area contributed by atoms with E-state index in [-0.39, 0.29) is 11.9 Å². The van der Waals surface area contributed by atoms with Crippen LogP contribution in [0.3, 0.4) is 0 Å². The van der Waals surface area contributed by atoms with Gasteiger partial charge in [0, 0.05) is 17.0 Å². The Balaban J connectivity index is 2.52. The molecule has 2 N–H and O–H groups in total. The van der Waals surface area contributed by atoms with Gasteiger partial charge in [-0.15, -0.1) is 11.8 Å². The lowest BCUT2D eigenvalue weighted by Crippen LogP contribution is -2.37. The fourth-order valence-electron chi connectivity index (χ4n) is 1.91. The van der Waals surface area contributed by atoms with Gasteiger partial charge < -0.3 is 10.6 Å². The Morgan fingerprint density at radius 3 is 2.57 bits per heavy atom. The molecular formula is C17H28N2OS. The molecule has 0 aliphatic rings. The molecule has 0 radical (unpaired) electrons. The van der Waals surface area contributed by atoms with Gasteiger partial charge in [-0.25, -0.2) is 0 Å². The average Bonchev–Trinajstić information content (AvgIpc) is 2.45. The van der Waals surface area contributed by atoms with E-state index in [0.29, 0.717) is 17.7 Å². The second-order valence-corrected chi connectivity index (χ2v) is 6.79. The van der Waals surface area contributed by atoms with Crippen LogP contribution in [0.4, 0.5) is 0 Å². The fraction of sp³-hybridized carbons (Fsp3) is 0.588. The summed E-state index contributed by atoms with van der Waals surface area (Å²) in [4.78, 5) is 13.1. The van der Waals surface area contributed by atoms with Gasteiger partial charge in [0.1, 0.15) is 0 Å². The molecule has 0 bridgehead atoms. The molecule has 1 aromatic carbocycles. The molecule has 0 saturated heterocycles. The fourth-order valence-corrected chi connectivity index (χ4v) is 2.68. The smallest absolute Gasteiger partial charge is 0.230 e. The standard InChI is InChI=1S/C17H28N2OS/c1-6-18-14(5)15-8-7-9-16(10-15)21-11-17(20)19-13(4)12(2)3/h7-10,12-14,18H,6,11H2,1-5H3,(H,19,20). The second kappa shape index (κ2) is 9.11. The van der Waals surface area contributed by atoms with Crippen molar-refractivity contribution in [1.82, 2.24) is 10.6 Å². The molecule has 1 amide bonds. The van der Waals surface area contributed by atoms with Gasteiger partial charge in [0.15, 0.2) is 0 Å². The Morgan fingerprint density at radius 2 is 1.95 bits per heavy atom. The Labute approximate surface area is 133 Å². The Hall–Kier alpha value is -1.00. The number of thioether (sulfide) groups is 1. The van der Waals surface area contributed by atoms with Gasteiger partial charge in [-0.1, -0.05) is 32.9 Å². The molecule has 3 nitrogen and oxygen atoms in total. The molecule has 0 aliphatic carbocycles. The zero-order valence-electron chi connectivity index (χ0n) is 13.8. The van der Waals surface area contributed by atoms with Crippen LogP contribution in [0.5, 0.6) is 0 Å². The summed E-state index contributed by atoms with van der Waals surface area (Å²) in [5.41, 5.74) is 1.26. The van der Waals surface area contributed by atoms with Gasteiger partial charge in [0.25, 0.3) is 0 Å². The first-order valence-corrected chi connectivity index (χ1v) is 8.68. The van der Waals surface area contributed by atoms with Gasteiger partial charge in [-0.2, -0.15) is 0 Å². The normalized spacial score (nSPS) is 14.0. The highest BCUT2D eigenvalue weighted by Crippen LogP contribution is 2.22. The molecule has 0 aromatic heterocycles. The van der Waals surface area contributed by atoms with Crippen molar-refractivity contribution in [2.75, 3.05) is 12.3 Å². The third-order valence-electron chi connectivity index (χ3n) is 3.63. The number of amides is 1. The monoisotopic (exact) mass is 308 g/mol.